The Labute approximate surface area is 127 Å². The minimum absolute atomic E-state index is 0.0538. The standard InChI is InChI=1S/C11H8BrClFN3O2S/c12-8-3-1-2-7(9(8)14)10-15-16-11(20(13,18)19)17(10)6-4-5-6/h1-3,6H,4-5H2. The van der Waals surface area contributed by atoms with E-state index in [2.05, 4.69) is 26.1 Å². The Hall–Kier alpha value is -0.990. The van der Waals surface area contributed by atoms with Crippen LogP contribution in [0.25, 0.3) is 11.4 Å². The molecule has 1 fully saturated rings. The predicted octanol–water partition coefficient (Wildman–Crippen LogP) is 3.11. The van der Waals surface area contributed by atoms with Crippen molar-refractivity contribution in [1.82, 2.24) is 14.8 Å². The Bertz CT molecular complexity index is 789. The molecule has 1 aromatic carbocycles. The minimum atomic E-state index is -4.02. The van der Waals surface area contributed by atoms with Gasteiger partial charge >= 0.3 is 0 Å². The molecule has 2 aromatic rings. The molecule has 0 unspecified atom stereocenters. The first-order chi connectivity index (χ1) is 9.39. The van der Waals surface area contributed by atoms with Crippen LogP contribution in [0.2, 0.25) is 0 Å². The zero-order valence-electron chi connectivity index (χ0n) is 9.92. The van der Waals surface area contributed by atoms with E-state index < -0.39 is 14.9 Å². The summed E-state index contributed by atoms with van der Waals surface area (Å²) in [5.41, 5.74) is 0.186. The van der Waals surface area contributed by atoms with Crippen LogP contribution in [0.15, 0.2) is 27.8 Å². The number of nitrogens with zero attached hydrogens (tertiary/aromatic N) is 3. The van der Waals surface area contributed by atoms with Gasteiger partial charge in [0.15, 0.2) is 5.82 Å². The van der Waals surface area contributed by atoms with Gasteiger partial charge in [-0.3, -0.25) is 4.57 Å². The second-order valence-electron chi connectivity index (χ2n) is 4.45. The van der Waals surface area contributed by atoms with Gasteiger partial charge in [-0.25, -0.2) is 12.8 Å². The van der Waals surface area contributed by atoms with Crippen molar-refractivity contribution in [1.29, 1.82) is 0 Å². The second kappa shape index (κ2) is 4.78. The summed E-state index contributed by atoms with van der Waals surface area (Å²) in [4.78, 5) is 0. The fourth-order valence-corrected chi connectivity index (χ4v) is 3.26. The van der Waals surface area contributed by atoms with Gasteiger partial charge in [0, 0.05) is 16.7 Å². The van der Waals surface area contributed by atoms with Gasteiger partial charge in [0.2, 0.25) is 0 Å². The van der Waals surface area contributed by atoms with Crippen LogP contribution in [0, 0.1) is 5.82 Å². The first-order valence-corrected chi connectivity index (χ1v) is 8.84. The number of halogens is 3. The monoisotopic (exact) mass is 379 g/mol. The molecule has 0 atom stereocenters. The van der Waals surface area contributed by atoms with E-state index in [-0.39, 0.29) is 27.1 Å². The summed E-state index contributed by atoms with van der Waals surface area (Å²) < 4.78 is 38.9. The van der Waals surface area contributed by atoms with Crippen molar-refractivity contribution in [3.05, 3.63) is 28.5 Å². The number of aromatic nitrogens is 3. The molecule has 0 radical (unpaired) electrons. The highest BCUT2D eigenvalue weighted by Crippen LogP contribution is 2.41. The lowest BCUT2D eigenvalue weighted by atomic mass is 10.2. The average Bonchev–Trinajstić information content (AvgIpc) is 3.10. The quantitative estimate of drug-likeness (QED) is 0.768. The molecule has 0 aliphatic heterocycles. The van der Waals surface area contributed by atoms with E-state index in [9.17, 15) is 12.8 Å². The van der Waals surface area contributed by atoms with Crippen LogP contribution in [0.3, 0.4) is 0 Å². The normalized spacial score (nSPS) is 15.6. The van der Waals surface area contributed by atoms with E-state index in [0.29, 0.717) is 0 Å². The minimum Gasteiger partial charge on any atom is -0.294 e. The zero-order valence-corrected chi connectivity index (χ0v) is 13.1. The third kappa shape index (κ3) is 2.36. The molecule has 5 nitrogen and oxygen atoms in total. The predicted molar refractivity (Wildman–Crippen MR) is 74.4 cm³/mol. The number of rotatable bonds is 3. The summed E-state index contributed by atoms with van der Waals surface area (Å²) in [6.07, 6.45) is 1.58. The van der Waals surface area contributed by atoms with Crippen molar-refractivity contribution in [2.24, 2.45) is 0 Å². The van der Waals surface area contributed by atoms with Crippen LogP contribution in [-0.2, 0) is 9.05 Å². The number of hydrogen-bond donors (Lipinski definition) is 0. The molecular weight excluding hydrogens is 373 g/mol. The summed E-state index contributed by atoms with van der Waals surface area (Å²) in [5, 5.41) is 7.07. The molecule has 0 spiro atoms. The average molecular weight is 381 g/mol. The van der Waals surface area contributed by atoms with Crippen molar-refractivity contribution in [2.45, 2.75) is 24.0 Å². The zero-order chi connectivity index (χ0) is 14.5. The van der Waals surface area contributed by atoms with E-state index in [1.807, 2.05) is 0 Å². The maximum atomic E-state index is 14.1. The van der Waals surface area contributed by atoms with Gasteiger partial charge in [-0.1, -0.05) is 6.07 Å². The smallest absolute Gasteiger partial charge is 0.294 e. The summed E-state index contributed by atoms with van der Waals surface area (Å²) in [7, 11) is 1.33. The van der Waals surface area contributed by atoms with E-state index in [4.69, 9.17) is 10.7 Å². The molecular formula is C11H8BrClFN3O2S. The molecule has 0 saturated heterocycles. The first kappa shape index (κ1) is 14.0. The van der Waals surface area contributed by atoms with Crippen molar-refractivity contribution in [3.8, 4) is 11.4 Å². The molecule has 9 heteroatoms. The summed E-state index contributed by atoms with van der Waals surface area (Å²) in [5.74, 6) is -0.342. The van der Waals surface area contributed by atoms with Crippen LogP contribution in [0.5, 0.6) is 0 Å². The Kier molecular flexibility index (Phi) is 3.34. The molecule has 1 aliphatic carbocycles. The fourth-order valence-electron chi connectivity index (χ4n) is 1.97. The van der Waals surface area contributed by atoms with Crippen molar-refractivity contribution in [3.63, 3.8) is 0 Å². The lowest BCUT2D eigenvalue weighted by molar-refractivity contribution is 0.577. The maximum Gasteiger partial charge on any atom is 0.296 e. The maximum absolute atomic E-state index is 14.1. The highest BCUT2D eigenvalue weighted by molar-refractivity contribution is 9.10. The summed E-state index contributed by atoms with van der Waals surface area (Å²) in [6, 6.07) is 4.66. The van der Waals surface area contributed by atoms with E-state index in [1.54, 1.807) is 12.1 Å². The Morgan fingerprint density at radius 1 is 1.35 bits per heavy atom. The lowest BCUT2D eigenvalue weighted by Crippen LogP contribution is -2.06. The van der Waals surface area contributed by atoms with Gasteiger partial charge < -0.3 is 0 Å². The molecule has 1 aliphatic rings. The van der Waals surface area contributed by atoms with Gasteiger partial charge in [-0.15, -0.1) is 10.2 Å². The molecule has 20 heavy (non-hydrogen) atoms. The second-order valence-corrected chi connectivity index (χ2v) is 7.76. The van der Waals surface area contributed by atoms with Crippen LogP contribution in [0.1, 0.15) is 18.9 Å². The molecule has 3 rings (SSSR count). The third-order valence-corrected chi connectivity index (χ3v) is 4.73. The van der Waals surface area contributed by atoms with Gasteiger partial charge in [0.1, 0.15) is 5.82 Å². The molecule has 0 N–H and O–H groups in total. The first-order valence-electron chi connectivity index (χ1n) is 5.73. The highest BCUT2D eigenvalue weighted by Gasteiger charge is 2.34. The molecule has 0 bridgehead atoms. The Morgan fingerprint density at radius 2 is 2.05 bits per heavy atom. The van der Waals surface area contributed by atoms with Gasteiger partial charge in [0.25, 0.3) is 14.2 Å². The Morgan fingerprint density at radius 3 is 2.65 bits per heavy atom. The van der Waals surface area contributed by atoms with E-state index >= 15 is 0 Å². The molecule has 106 valence electrons. The van der Waals surface area contributed by atoms with Gasteiger partial charge in [0.05, 0.1) is 10.0 Å². The van der Waals surface area contributed by atoms with E-state index in [1.165, 1.54) is 10.6 Å². The summed E-state index contributed by atoms with van der Waals surface area (Å²) in [6.45, 7) is 0. The van der Waals surface area contributed by atoms with Gasteiger partial charge in [-0.2, -0.15) is 0 Å². The highest BCUT2D eigenvalue weighted by atomic mass is 79.9. The topological polar surface area (TPSA) is 64.8 Å². The van der Waals surface area contributed by atoms with Crippen molar-refractivity contribution in [2.75, 3.05) is 0 Å². The van der Waals surface area contributed by atoms with Crippen LogP contribution < -0.4 is 0 Å². The fraction of sp³-hybridized carbons (Fsp3) is 0.273. The SMILES string of the molecule is O=S(=O)(Cl)c1nnc(-c2cccc(Br)c2F)n1C1CC1. The van der Waals surface area contributed by atoms with Crippen molar-refractivity contribution < 1.29 is 12.8 Å². The molecule has 1 heterocycles. The van der Waals surface area contributed by atoms with Crippen LogP contribution in [0.4, 0.5) is 4.39 Å². The van der Waals surface area contributed by atoms with Crippen molar-refractivity contribution >= 4 is 35.7 Å². The number of benzene rings is 1. The number of hydrogen-bond acceptors (Lipinski definition) is 4. The molecule has 1 saturated carbocycles. The lowest BCUT2D eigenvalue weighted by Gasteiger charge is -2.08. The van der Waals surface area contributed by atoms with Crippen LogP contribution >= 0.6 is 26.6 Å². The third-order valence-electron chi connectivity index (χ3n) is 2.99. The van der Waals surface area contributed by atoms with Gasteiger partial charge in [-0.05, 0) is 40.9 Å². The van der Waals surface area contributed by atoms with E-state index in [0.717, 1.165) is 12.8 Å². The summed E-state index contributed by atoms with van der Waals surface area (Å²) >= 11 is 3.09. The molecule has 1 aromatic heterocycles. The Balaban J connectivity index is 2.25. The largest absolute Gasteiger partial charge is 0.296 e. The molecule has 0 amide bonds. The van der Waals surface area contributed by atoms with Crippen LogP contribution in [-0.4, -0.2) is 23.2 Å².